The van der Waals surface area contributed by atoms with E-state index < -0.39 is 0 Å². The molecule has 3 aromatic rings. The number of benzene rings is 2. The summed E-state index contributed by atoms with van der Waals surface area (Å²) < 4.78 is 6.03. The molecule has 0 unspecified atom stereocenters. The molecule has 0 radical (unpaired) electrons. The first kappa shape index (κ1) is 26.9. The number of ether oxygens (including phenoxy) is 1. The van der Waals surface area contributed by atoms with E-state index in [2.05, 4.69) is 43.9 Å². The third-order valence-electron chi connectivity index (χ3n) is 6.97. The quantitative estimate of drug-likeness (QED) is 0.363. The van der Waals surface area contributed by atoms with E-state index in [1.807, 2.05) is 24.0 Å². The van der Waals surface area contributed by atoms with Gasteiger partial charge in [0.2, 0.25) is 5.91 Å². The number of rotatable bonds is 10. The predicted octanol–water partition coefficient (Wildman–Crippen LogP) is 5.58. The minimum Gasteiger partial charge on any atom is -0.507 e. The Morgan fingerprint density at radius 1 is 1.16 bits per heavy atom. The van der Waals surface area contributed by atoms with E-state index >= 15 is 0 Å². The van der Waals surface area contributed by atoms with Crippen molar-refractivity contribution in [1.82, 2.24) is 14.9 Å². The fraction of sp³-hybridized carbons (Fsp3) is 0.500. The number of carbonyl (C=O) groups is 1. The van der Waals surface area contributed by atoms with Gasteiger partial charge < -0.3 is 19.6 Å². The fourth-order valence-electron chi connectivity index (χ4n) is 4.79. The van der Waals surface area contributed by atoms with Crippen molar-refractivity contribution in [2.24, 2.45) is 5.92 Å². The summed E-state index contributed by atoms with van der Waals surface area (Å²) in [7, 11) is 0. The maximum atomic E-state index is 13.2. The molecule has 198 valence electrons. The summed E-state index contributed by atoms with van der Waals surface area (Å²) in [5.41, 5.74) is 2.56. The molecule has 1 saturated heterocycles. The van der Waals surface area contributed by atoms with Gasteiger partial charge in [0.15, 0.2) is 5.82 Å². The molecule has 1 aromatic heterocycles. The highest BCUT2D eigenvalue weighted by Gasteiger charge is 2.32. The number of hydrogen-bond acceptors (Lipinski definition) is 6. The molecule has 2 heterocycles. The second kappa shape index (κ2) is 12.4. The summed E-state index contributed by atoms with van der Waals surface area (Å²) >= 11 is 0. The first-order chi connectivity index (χ1) is 17.9. The van der Waals surface area contributed by atoms with Gasteiger partial charge in [-0.1, -0.05) is 45.4 Å². The minimum atomic E-state index is -0.0469. The van der Waals surface area contributed by atoms with Crippen molar-refractivity contribution in [2.45, 2.75) is 59.4 Å². The Hall–Kier alpha value is -3.19. The number of aryl methyl sites for hydroxylation is 1. The third-order valence-corrected chi connectivity index (χ3v) is 6.97. The number of fused-ring (bicyclic) bond motifs is 1. The maximum absolute atomic E-state index is 13.2. The van der Waals surface area contributed by atoms with E-state index in [-0.39, 0.29) is 17.7 Å². The van der Waals surface area contributed by atoms with E-state index in [1.165, 1.54) is 0 Å². The SMILES string of the molecule is CCCCOC[C@H]1CN(c2nc(-c3ccccc3O)nc3cc(C)ccc23)CCN1C(=O)CCC(C)C. The van der Waals surface area contributed by atoms with Crippen molar-refractivity contribution in [1.29, 1.82) is 0 Å². The van der Waals surface area contributed by atoms with Crippen molar-refractivity contribution in [2.75, 3.05) is 37.7 Å². The van der Waals surface area contributed by atoms with Crippen LogP contribution in [0.2, 0.25) is 0 Å². The van der Waals surface area contributed by atoms with Crippen LogP contribution >= 0.6 is 0 Å². The average Bonchev–Trinajstić information content (AvgIpc) is 2.89. The zero-order valence-electron chi connectivity index (χ0n) is 22.6. The molecule has 2 aromatic carbocycles. The van der Waals surface area contributed by atoms with Gasteiger partial charge in [-0.2, -0.15) is 0 Å². The van der Waals surface area contributed by atoms with Crippen LogP contribution in [0.15, 0.2) is 42.5 Å². The first-order valence-electron chi connectivity index (χ1n) is 13.6. The van der Waals surface area contributed by atoms with E-state index in [4.69, 9.17) is 14.7 Å². The topological polar surface area (TPSA) is 78.8 Å². The van der Waals surface area contributed by atoms with Gasteiger partial charge in [-0.15, -0.1) is 0 Å². The van der Waals surface area contributed by atoms with E-state index in [1.54, 1.807) is 12.1 Å². The number of unbranched alkanes of at least 4 members (excludes halogenated alkanes) is 1. The number of para-hydroxylation sites is 1. The smallest absolute Gasteiger partial charge is 0.223 e. The number of phenolic OH excluding ortho intramolecular Hbond substituents is 1. The molecule has 7 nitrogen and oxygen atoms in total. The van der Waals surface area contributed by atoms with Gasteiger partial charge in [-0.05, 0) is 55.5 Å². The third kappa shape index (κ3) is 6.58. The first-order valence-corrected chi connectivity index (χ1v) is 13.6. The summed E-state index contributed by atoms with van der Waals surface area (Å²) in [4.78, 5) is 27.2. The van der Waals surface area contributed by atoms with Gasteiger partial charge >= 0.3 is 0 Å². The number of phenols is 1. The zero-order valence-corrected chi connectivity index (χ0v) is 22.6. The molecule has 37 heavy (non-hydrogen) atoms. The van der Waals surface area contributed by atoms with E-state index in [9.17, 15) is 9.90 Å². The Labute approximate surface area is 220 Å². The average molecular weight is 505 g/mol. The number of nitrogens with zero attached hydrogens (tertiary/aromatic N) is 4. The van der Waals surface area contributed by atoms with Crippen LogP contribution in [-0.2, 0) is 9.53 Å². The molecule has 1 aliphatic rings. The van der Waals surface area contributed by atoms with Crippen molar-refractivity contribution < 1.29 is 14.6 Å². The Balaban J connectivity index is 1.67. The van der Waals surface area contributed by atoms with Crippen LogP contribution in [0, 0.1) is 12.8 Å². The van der Waals surface area contributed by atoms with Crippen LogP contribution in [-0.4, -0.2) is 64.8 Å². The van der Waals surface area contributed by atoms with Crippen molar-refractivity contribution in [3.8, 4) is 17.1 Å². The van der Waals surface area contributed by atoms with E-state index in [0.29, 0.717) is 56.6 Å². The molecule has 0 saturated carbocycles. The van der Waals surface area contributed by atoms with Crippen molar-refractivity contribution >= 4 is 22.6 Å². The Morgan fingerprint density at radius 2 is 1.97 bits per heavy atom. The second-order valence-corrected chi connectivity index (χ2v) is 10.5. The van der Waals surface area contributed by atoms with Gasteiger partial charge in [0, 0.05) is 38.0 Å². The number of aromatic hydroxyl groups is 1. The molecule has 1 fully saturated rings. The highest BCUT2D eigenvalue weighted by molar-refractivity contribution is 5.92. The normalized spacial score (nSPS) is 16.1. The lowest BCUT2D eigenvalue weighted by Gasteiger charge is -2.42. The molecule has 0 aliphatic carbocycles. The summed E-state index contributed by atoms with van der Waals surface area (Å²) in [6, 6.07) is 13.3. The lowest BCUT2D eigenvalue weighted by Crippen LogP contribution is -2.57. The molecule has 4 rings (SSSR count). The van der Waals surface area contributed by atoms with Crippen molar-refractivity contribution in [3.63, 3.8) is 0 Å². The molecular formula is C30H40N4O3. The summed E-state index contributed by atoms with van der Waals surface area (Å²) in [6.07, 6.45) is 3.55. The van der Waals surface area contributed by atoms with Gasteiger partial charge in [0.1, 0.15) is 11.6 Å². The van der Waals surface area contributed by atoms with Crippen LogP contribution in [0.5, 0.6) is 5.75 Å². The zero-order chi connectivity index (χ0) is 26.4. The van der Waals surface area contributed by atoms with Gasteiger partial charge in [-0.25, -0.2) is 9.97 Å². The fourth-order valence-corrected chi connectivity index (χ4v) is 4.79. The Kier molecular flexibility index (Phi) is 8.98. The number of hydrogen-bond donors (Lipinski definition) is 1. The van der Waals surface area contributed by atoms with Crippen LogP contribution in [0.25, 0.3) is 22.3 Å². The van der Waals surface area contributed by atoms with Crippen LogP contribution in [0.4, 0.5) is 5.82 Å². The van der Waals surface area contributed by atoms with Crippen molar-refractivity contribution in [3.05, 3.63) is 48.0 Å². The second-order valence-electron chi connectivity index (χ2n) is 10.5. The Morgan fingerprint density at radius 3 is 2.73 bits per heavy atom. The molecule has 1 amide bonds. The standard InChI is InChI=1S/C30H40N4O3/c1-5-6-17-37-20-23-19-33(15-16-34(23)28(36)14-11-21(2)3)30-24-13-12-22(4)18-26(24)31-29(32-30)25-9-7-8-10-27(25)35/h7-10,12-13,18,21,23,35H,5-6,11,14-17,19-20H2,1-4H3/t23-/m1/s1. The predicted molar refractivity (Wildman–Crippen MR) is 149 cm³/mol. The number of aromatic nitrogens is 2. The molecular weight excluding hydrogens is 464 g/mol. The lowest BCUT2D eigenvalue weighted by molar-refractivity contribution is -0.135. The highest BCUT2D eigenvalue weighted by Crippen LogP contribution is 2.33. The molecule has 1 aliphatic heterocycles. The number of amides is 1. The molecule has 1 N–H and O–H groups in total. The van der Waals surface area contributed by atoms with Crippen LogP contribution in [0.1, 0.15) is 52.0 Å². The Bertz CT molecular complexity index is 1210. The van der Waals surface area contributed by atoms with E-state index in [0.717, 1.165) is 41.5 Å². The largest absolute Gasteiger partial charge is 0.507 e. The summed E-state index contributed by atoms with van der Waals surface area (Å²) in [5, 5.41) is 11.5. The highest BCUT2D eigenvalue weighted by atomic mass is 16.5. The van der Waals surface area contributed by atoms with Gasteiger partial charge in [0.05, 0.1) is 23.7 Å². The summed E-state index contributed by atoms with van der Waals surface area (Å²) in [6.45, 7) is 11.7. The molecule has 7 heteroatoms. The van der Waals surface area contributed by atoms with Crippen LogP contribution in [0.3, 0.4) is 0 Å². The molecule has 0 bridgehead atoms. The maximum Gasteiger partial charge on any atom is 0.223 e. The lowest BCUT2D eigenvalue weighted by atomic mass is 10.1. The molecule has 0 spiro atoms. The monoisotopic (exact) mass is 504 g/mol. The number of anilines is 1. The van der Waals surface area contributed by atoms with Crippen LogP contribution < -0.4 is 4.90 Å². The van der Waals surface area contributed by atoms with Gasteiger partial charge in [-0.3, -0.25) is 4.79 Å². The number of piperazine rings is 1. The minimum absolute atomic E-state index is 0.0469. The summed E-state index contributed by atoms with van der Waals surface area (Å²) in [5.74, 6) is 2.18. The molecule has 1 atom stereocenters. The van der Waals surface area contributed by atoms with Gasteiger partial charge in [0.25, 0.3) is 0 Å². The number of carbonyl (C=O) groups excluding carboxylic acids is 1.